The zero-order chi connectivity index (χ0) is 16.5. The van der Waals surface area contributed by atoms with Gasteiger partial charge in [-0.05, 0) is 41.0 Å². The largest absolute Gasteiger partial charge is 0.399 e. The molecule has 2 aromatic rings. The lowest BCUT2D eigenvalue weighted by Crippen LogP contribution is -2.51. The monoisotopic (exact) mass is 315 g/mol. The Bertz CT molecular complexity index is 607. The first-order chi connectivity index (χ1) is 10.3. The second-order valence-corrected chi connectivity index (χ2v) is 12.9. The van der Waals surface area contributed by atoms with Crippen LogP contribution in [0, 0.1) is 0 Å². The predicted octanol–water partition coefficient (Wildman–Crippen LogP) is 5.16. The van der Waals surface area contributed by atoms with Crippen molar-refractivity contribution in [3.05, 3.63) is 36.8 Å². The van der Waals surface area contributed by atoms with E-state index in [9.17, 15) is 0 Å². The number of nitrogen functional groups attached to an aromatic ring is 1. The van der Waals surface area contributed by atoms with E-state index in [1.54, 1.807) is 6.20 Å². The van der Waals surface area contributed by atoms with Gasteiger partial charge in [0.15, 0.2) is 8.24 Å². The quantitative estimate of drug-likeness (QED) is 0.775. The molecule has 2 aromatic heterocycles. The van der Waals surface area contributed by atoms with Crippen LogP contribution in [0.5, 0.6) is 0 Å². The first kappa shape index (κ1) is 16.8. The molecule has 2 N–H and O–H groups in total. The molecule has 0 spiro atoms. The Balaban J connectivity index is 2.52. The Kier molecular flexibility index (Phi) is 4.80. The van der Waals surface area contributed by atoms with Crippen molar-refractivity contribution < 1.29 is 0 Å². The molecule has 0 aliphatic heterocycles. The van der Waals surface area contributed by atoms with Crippen molar-refractivity contribution >= 4 is 13.9 Å². The Morgan fingerprint density at radius 3 is 2.09 bits per heavy atom. The highest BCUT2D eigenvalue weighted by Gasteiger charge is 2.44. The molecular weight excluding hydrogens is 286 g/mol. The van der Waals surface area contributed by atoms with Crippen LogP contribution in [-0.2, 0) is 0 Å². The van der Waals surface area contributed by atoms with Crippen LogP contribution in [0.25, 0.3) is 11.3 Å². The van der Waals surface area contributed by atoms with Crippen molar-refractivity contribution in [1.82, 2.24) is 9.22 Å². The van der Waals surface area contributed by atoms with Crippen molar-refractivity contribution in [2.24, 2.45) is 0 Å². The average molecular weight is 316 g/mol. The highest BCUT2D eigenvalue weighted by atomic mass is 28.3. The normalized spacial score (nSPS) is 12.6. The van der Waals surface area contributed by atoms with Gasteiger partial charge in [-0.1, -0.05) is 41.5 Å². The van der Waals surface area contributed by atoms with Gasteiger partial charge >= 0.3 is 0 Å². The Morgan fingerprint density at radius 2 is 1.59 bits per heavy atom. The van der Waals surface area contributed by atoms with Gasteiger partial charge in [0.25, 0.3) is 0 Å². The molecule has 0 amide bonds. The van der Waals surface area contributed by atoms with Crippen LogP contribution in [0.3, 0.4) is 0 Å². The molecule has 0 bridgehead atoms. The van der Waals surface area contributed by atoms with Gasteiger partial charge in [-0.2, -0.15) is 0 Å². The summed E-state index contributed by atoms with van der Waals surface area (Å²) in [6.07, 6.45) is 6.32. The van der Waals surface area contributed by atoms with E-state index in [0.717, 1.165) is 16.9 Å². The van der Waals surface area contributed by atoms with E-state index in [4.69, 9.17) is 5.73 Å². The van der Waals surface area contributed by atoms with E-state index in [1.165, 1.54) is 0 Å². The molecule has 2 rings (SSSR count). The second kappa shape index (κ2) is 6.29. The van der Waals surface area contributed by atoms with Crippen LogP contribution >= 0.6 is 0 Å². The smallest absolute Gasteiger partial charge is 0.168 e. The van der Waals surface area contributed by atoms with Gasteiger partial charge < -0.3 is 9.97 Å². The molecule has 0 saturated heterocycles. The van der Waals surface area contributed by atoms with Crippen LogP contribution < -0.4 is 5.73 Å². The molecule has 0 aliphatic rings. The molecular formula is C18H29N3Si. The van der Waals surface area contributed by atoms with Crippen molar-refractivity contribution in [2.45, 2.75) is 58.2 Å². The number of nitrogens with zero attached hydrogens (tertiary/aromatic N) is 2. The topological polar surface area (TPSA) is 43.8 Å². The van der Waals surface area contributed by atoms with E-state index in [0.29, 0.717) is 16.6 Å². The van der Waals surface area contributed by atoms with E-state index in [-0.39, 0.29) is 0 Å². The summed E-state index contributed by atoms with van der Waals surface area (Å²) in [4.78, 5) is 4.46. The Labute approximate surface area is 135 Å². The van der Waals surface area contributed by atoms with Crippen LogP contribution in [-0.4, -0.2) is 17.5 Å². The first-order valence-electron chi connectivity index (χ1n) is 8.20. The lowest BCUT2D eigenvalue weighted by Gasteiger charge is -2.44. The number of anilines is 1. The Hall–Kier alpha value is -1.55. The van der Waals surface area contributed by atoms with E-state index in [2.05, 4.69) is 69.2 Å². The highest BCUT2D eigenvalue weighted by molar-refractivity contribution is 6.82. The number of pyridine rings is 1. The molecule has 0 atom stereocenters. The average Bonchev–Trinajstić information content (AvgIpc) is 2.88. The zero-order valence-corrected chi connectivity index (χ0v) is 15.7. The third kappa shape index (κ3) is 2.72. The number of aromatic nitrogens is 2. The number of hydrogen-bond donors (Lipinski definition) is 1. The number of rotatable bonds is 5. The molecule has 2 heterocycles. The molecule has 0 aromatic carbocycles. The van der Waals surface area contributed by atoms with Crippen LogP contribution in [0.1, 0.15) is 41.5 Å². The standard InChI is InChI=1S/C18H29N3Si/c1-13(2)22(14(3)4,15(5)6)21-10-8-16(12-21)18-11-17(19)7-9-20-18/h7-15H,1-6H3,(H2,19,20). The summed E-state index contributed by atoms with van der Waals surface area (Å²) in [5.41, 5.74) is 10.8. The van der Waals surface area contributed by atoms with Crippen molar-refractivity contribution in [2.75, 3.05) is 5.73 Å². The molecule has 4 heteroatoms. The minimum Gasteiger partial charge on any atom is -0.399 e. The molecule has 22 heavy (non-hydrogen) atoms. The number of hydrogen-bond acceptors (Lipinski definition) is 2. The summed E-state index contributed by atoms with van der Waals surface area (Å²) >= 11 is 0. The van der Waals surface area contributed by atoms with E-state index < -0.39 is 8.24 Å². The third-order valence-electron chi connectivity index (χ3n) is 4.99. The van der Waals surface area contributed by atoms with Crippen LogP contribution in [0.15, 0.2) is 36.8 Å². The van der Waals surface area contributed by atoms with Crippen molar-refractivity contribution in [3.8, 4) is 11.3 Å². The third-order valence-corrected chi connectivity index (χ3v) is 11.7. The van der Waals surface area contributed by atoms with Gasteiger partial charge in [-0.25, -0.2) is 0 Å². The summed E-state index contributed by atoms with van der Waals surface area (Å²) in [7, 11) is -1.67. The van der Waals surface area contributed by atoms with Gasteiger partial charge in [0.05, 0.1) is 5.69 Å². The Morgan fingerprint density at radius 1 is 1.00 bits per heavy atom. The molecule has 120 valence electrons. The summed E-state index contributed by atoms with van der Waals surface area (Å²) < 4.78 is 2.53. The summed E-state index contributed by atoms with van der Waals surface area (Å²) in [6.45, 7) is 14.3. The molecule has 0 saturated carbocycles. The SMILES string of the molecule is CC(C)[Si](C(C)C)(C(C)C)n1ccc(-c2cc(N)ccn2)c1. The minimum absolute atomic E-state index is 0.682. The van der Waals surface area contributed by atoms with Crippen molar-refractivity contribution in [3.63, 3.8) is 0 Å². The van der Waals surface area contributed by atoms with Crippen LogP contribution in [0.2, 0.25) is 16.6 Å². The molecule has 0 aliphatic carbocycles. The van der Waals surface area contributed by atoms with Gasteiger partial charge in [-0.15, -0.1) is 0 Å². The summed E-state index contributed by atoms with van der Waals surface area (Å²) in [6, 6.07) is 5.95. The summed E-state index contributed by atoms with van der Waals surface area (Å²) in [5.74, 6) is 0. The van der Waals surface area contributed by atoms with Gasteiger partial charge in [0.2, 0.25) is 0 Å². The van der Waals surface area contributed by atoms with Crippen molar-refractivity contribution in [1.29, 1.82) is 0 Å². The zero-order valence-electron chi connectivity index (χ0n) is 14.7. The second-order valence-electron chi connectivity index (χ2n) is 7.13. The molecule has 0 unspecified atom stereocenters. The first-order valence-corrected chi connectivity index (χ1v) is 10.4. The van der Waals surface area contributed by atoms with Gasteiger partial charge in [-0.3, -0.25) is 4.98 Å². The lowest BCUT2D eigenvalue weighted by molar-refractivity contribution is 0.766. The molecule has 0 radical (unpaired) electrons. The fourth-order valence-electron chi connectivity index (χ4n) is 4.29. The maximum absolute atomic E-state index is 5.90. The molecule has 3 nitrogen and oxygen atoms in total. The predicted molar refractivity (Wildman–Crippen MR) is 98.5 cm³/mol. The summed E-state index contributed by atoms with van der Waals surface area (Å²) in [5, 5.41) is 0. The lowest BCUT2D eigenvalue weighted by atomic mass is 10.2. The fraction of sp³-hybridized carbons (Fsp3) is 0.500. The minimum atomic E-state index is -1.67. The highest BCUT2D eigenvalue weighted by Crippen LogP contribution is 2.43. The molecule has 0 fully saturated rings. The van der Waals surface area contributed by atoms with Crippen LogP contribution in [0.4, 0.5) is 5.69 Å². The van der Waals surface area contributed by atoms with Gasteiger partial charge in [0, 0.05) is 23.6 Å². The maximum atomic E-state index is 5.90. The van der Waals surface area contributed by atoms with E-state index in [1.807, 2.05) is 12.1 Å². The maximum Gasteiger partial charge on any atom is 0.168 e. The van der Waals surface area contributed by atoms with Gasteiger partial charge in [0.1, 0.15) is 0 Å². The van der Waals surface area contributed by atoms with E-state index >= 15 is 0 Å². The number of nitrogens with two attached hydrogens (primary N) is 1. The fourth-order valence-corrected chi connectivity index (χ4v) is 10.8.